The Balaban J connectivity index is 1.98. The average Bonchev–Trinajstić information content (AvgIpc) is 2.81. The molecule has 8 heteroatoms. The Morgan fingerprint density at radius 3 is 2.81 bits per heavy atom. The maximum absolute atomic E-state index is 11.9. The molecule has 0 unspecified atom stereocenters. The molecule has 0 spiro atoms. The Morgan fingerprint density at radius 2 is 2.24 bits per heavy atom. The maximum Gasteiger partial charge on any atom is 0.320 e. The monoisotopic (exact) mass is 312 g/mol. The number of aromatic nitrogens is 2. The second-order valence-corrected chi connectivity index (χ2v) is 7.54. The van der Waals surface area contributed by atoms with Crippen LogP contribution in [0, 0.1) is 12.8 Å². The number of urea groups is 1. The van der Waals surface area contributed by atoms with Gasteiger partial charge in [0.05, 0.1) is 17.5 Å². The van der Waals surface area contributed by atoms with Crippen molar-refractivity contribution < 1.29 is 13.2 Å². The van der Waals surface area contributed by atoms with Crippen molar-refractivity contribution in [2.75, 3.05) is 11.1 Å². The first-order valence-electron chi connectivity index (χ1n) is 6.78. The molecule has 1 aromatic heterocycles. The fourth-order valence-corrected chi connectivity index (χ4v) is 3.35. The first-order chi connectivity index (χ1) is 9.75. The molecule has 0 aromatic carbocycles. The van der Waals surface area contributed by atoms with Crippen LogP contribution in [0.15, 0.2) is 17.6 Å². The van der Waals surface area contributed by atoms with E-state index >= 15 is 0 Å². The first-order valence-corrected chi connectivity index (χ1v) is 8.49. The number of nitrogens with one attached hydrogen (secondary N) is 2. The van der Waals surface area contributed by atoms with E-state index in [-0.39, 0.29) is 5.75 Å². The highest BCUT2D eigenvalue weighted by Crippen LogP contribution is 2.13. The lowest BCUT2D eigenvalue weighted by molar-refractivity contribution is 0.250. The summed E-state index contributed by atoms with van der Waals surface area (Å²) in [5.74, 6) is 0.907. The van der Waals surface area contributed by atoms with Gasteiger partial charge in [-0.15, -0.1) is 0 Å². The summed E-state index contributed by atoms with van der Waals surface area (Å²) >= 11 is 0. The van der Waals surface area contributed by atoms with Crippen molar-refractivity contribution in [1.29, 1.82) is 0 Å². The van der Waals surface area contributed by atoms with Crippen molar-refractivity contribution in [2.24, 2.45) is 5.92 Å². The molecule has 7 nitrogen and oxygen atoms in total. The predicted molar refractivity (Wildman–Crippen MR) is 80.7 cm³/mol. The van der Waals surface area contributed by atoms with Crippen molar-refractivity contribution in [3.8, 4) is 0 Å². The lowest BCUT2D eigenvalue weighted by atomic mass is 10.2. The van der Waals surface area contributed by atoms with Gasteiger partial charge < -0.3 is 5.32 Å². The number of rotatable bonds is 4. The van der Waals surface area contributed by atoms with Crippen LogP contribution in [0.3, 0.4) is 0 Å². The molecule has 0 aliphatic carbocycles. The molecule has 0 saturated carbocycles. The molecule has 2 heterocycles. The van der Waals surface area contributed by atoms with Gasteiger partial charge >= 0.3 is 6.03 Å². The molecule has 1 aliphatic rings. The summed E-state index contributed by atoms with van der Waals surface area (Å²) in [6.45, 7) is 6.68. The fraction of sp³-hybridized carbons (Fsp3) is 0.538. The van der Waals surface area contributed by atoms with E-state index < -0.39 is 21.9 Å². The van der Waals surface area contributed by atoms with E-state index in [1.807, 2.05) is 6.92 Å². The number of aryl methyl sites for hydroxylation is 1. The Hall–Kier alpha value is -1.83. The Bertz CT molecular complexity index is 661. The molecular weight excluding hydrogens is 292 g/mol. The van der Waals surface area contributed by atoms with Gasteiger partial charge in [-0.25, -0.2) is 17.9 Å². The van der Waals surface area contributed by atoms with Crippen molar-refractivity contribution in [3.63, 3.8) is 0 Å². The van der Waals surface area contributed by atoms with E-state index in [0.29, 0.717) is 18.3 Å². The van der Waals surface area contributed by atoms with Gasteiger partial charge in [0.1, 0.15) is 5.82 Å². The maximum atomic E-state index is 11.9. The van der Waals surface area contributed by atoms with Gasteiger partial charge in [-0.2, -0.15) is 5.10 Å². The number of hydrogen-bond donors (Lipinski definition) is 2. The van der Waals surface area contributed by atoms with E-state index in [1.165, 1.54) is 6.08 Å². The molecule has 2 N–H and O–H groups in total. The van der Waals surface area contributed by atoms with Crippen molar-refractivity contribution >= 4 is 21.7 Å². The Morgan fingerprint density at radius 1 is 1.52 bits per heavy atom. The van der Waals surface area contributed by atoms with Crippen LogP contribution >= 0.6 is 0 Å². The predicted octanol–water partition coefficient (Wildman–Crippen LogP) is 1.28. The van der Waals surface area contributed by atoms with Crippen molar-refractivity contribution in [1.82, 2.24) is 15.1 Å². The third-order valence-corrected chi connectivity index (χ3v) is 4.32. The zero-order valence-electron chi connectivity index (χ0n) is 12.3. The topological polar surface area (TPSA) is 93.1 Å². The highest BCUT2D eigenvalue weighted by Gasteiger charge is 2.23. The van der Waals surface area contributed by atoms with Crippen molar-refractivity contribution in [3.05, 3.63) is 23.2 Å². The molecular formula is C13H20N4O3S. The fourth-order valence-electron chi connectivity index (χ4n) is 2.12. The molecule has 2 amide bonds. The van der Waals surface area contributed by atoms with Crippen LogP contribution in [-0.2, 0) is 16.4 Å². The average molecular weight is 312 g/mol. The van der Waals surface area contributed by atoms with Crippen LogP contribution in [-0.4, -0.2) is 36.0 Å². The second kappa shape index (κ2) is 5.88. The van der Waals surface area contributed by atoms with Gasteiger partial charge in [0.25, 0.3) is 0 Å². The SMILES string of the molecule is Cc1cc(NC(=O)N[C@@H]2C=CS(=O)(=O)C2)n(CC(C)C)n1. The van der Waals surface area contributed by atoms with Crippen LogP contribution in [0.5, 0.6) is 0 Å². The van der Waals surface area contributed by atoms with Gasteiger partial charge in [-0.1, -0.05) is 13.8 Å². The summed E-state index contributed by atoms with van der Waals surface area (Å²) in [5.41, 5.74) is 0.814. The number of nitrogens with zero attached hydrogens (tertiary/aromatic N) is 2. The first kappa shape index (κ1) is 15.6. The third kappa shape index (κ3) is 4.32. The molecule has 0 radical (unpaired) electrons. The van der Waals surface area contributed by atoms with Crippen LogP contribution < -0.4 is 10.6 Å². The van der Waals surface area contributed by atoms with E-state index in [0.717, 1.165) is 11.1 Å². The smallest absolute Gasteiger partial charge is 0.320 e. The summed E-state index contributed by atoms with van der Waals surface area (Å²) in [4.78, 5) is 11.9. The standard InChI is InChI=1S/C13H20N4O3S/c1-9(2)7-17-12(6-10(3)16-17)15-13(18)14-11-4-5-21(19,20)8-11/h4-6,9,11H,7-8H2,1-3H3,(H2,14,15,18)/t11-/m1/s1. The van der Waals surface area contributed by atoms with E-state index in [9.17, 15) is 13.2 Å². The van der Waals surface area contributed by atoms with E-state index in [2.05, 4.69) is 29.6 Å². The van der Waals surface area contributed by atoms with Crippen LogP contribution in [0.2, 0.25) is 0 Å². The molecule has 0 fully saturated rings. The minimum Gasteiger partial charge on any atom is -0.331 e. The molecule has 0 saturated heterocycles. The summed E-state index contributed by atoms with van der Waals surface area (Å²) in [5, 5.41) is 10.8. The third-order valence-electron chi connectivity index (χ3n) is 2.93. The number of sulfone groups is 1. The summed E-state index contributed by atoms with van der Waals surface area (Å²) in [6, 6.07) is 0.854. The molecule has 0 bridgehead atoms. The van der Waals surface area contributed by atoms with Gasteiger partial charge in [0.15, 0.2) is 9.84 Å². The zero-order valence-corrected chi connectivity index (χ0v) is 13.1. The van der Waals surface area contributed by atoms with Crippen LogP contribution in [0.25, 0.3) is 0 Å². The van der Waals surface area contributed by atoms with Crippen molar-refractivity contribution in [2.45, 2.75) is 33.4 Å². The zero-order chi connectivity index (χ0) is 15.6. The largest absolute Gasteiger partial charge is 0.331 e. The lowest BCUT2D eigenvalue weighted by Gasteiger charge is -2.13. The van der Waals surface area contributed by atoms with Crippen LogP contribution in [0.4, 0.5) is 10.6 Å². The van der Waals surface area contributed by atoms with Crippen LogP contribution in [0.1, 0.15) is 19.5 Å². The quantitative estimate of drug-likeness (QED) is 0.876. The summed E-state index contributed by atoms with van der Waals surface area (Å²) < 4.78 is 24.3. The lowest BCUT2D eigenvalue weighted by Crippen LogP contribution is -2.38. The minimum atomic E-state index is -3.17. The molecule has 1 aromatic rings. The number of anilines is 1. The minimum absolute atomic E-state index is 0.0926. The van der Waals surface area contributed by atoms with Gasteiger partial charge in [-0.3, -0.25) is 5.32 Å². The highest BCUT2D eigenvalue weighted by molar-refractivity contribution is 7.94. The summed E-state index contributed by atoms with van der Waals surface area (Å²) in [6.07, 6.45) is 1.48. The van der Waals surface area contributed by atoms with E-state index in [4.69, 9.17) is 0 Å². The molecule has 2 rings (SSSR count). The Kier molecular flexibility index (Phi) is 4.36. The van der Waals surface area contributed by atoms with Gasteiger partial charge in [-0.05, 0) is 18.9 Å². The number of carbonyl (C=O) groups excluding carboxylic acids is 1. The molecule has 1 atom stereocenters. The molecule has 1 aliphatic heterocycles. The number of amides is 2. The molecule has 116 valence electrons. The van der Waals surface area contributed by atoms with Gasteiger partial charge in [0, 0.05) is 18.0 Å². The normalized spacial score (nSPS) is 19.9. The number of hydrogen-bond acceptors (Lipinski definition) is 4. The summed E-state index contributed by atoms with van der Waals surface area (Å²) in [7, 11) is -3.17. The van der Waals surface area contributed by atoms with Gasteiger partial charge in [0.2, 0.25) is 0 Å². The van der Waals surface area contributed by atoms with E-state index in [1.54, 1.807) is 10.7 Å². The molecule has 21 heavy (non-hydrogen) atoms. The second-order valence-electron chi connectivity index (χ2n) is 5.61. The Labute approximate surface area is 124 Å². The highest BCUT2D eigenvalue weighted by atomic mass is 32.2. The number of carbonyl (C=O) groups is 1.